The van der Waals surface area contributed by atoms with E-state index in [2.05, 4.69) is 10.6 Å². The average Bonchev–Trinajstić information content (AvgIpc) is 3.36. The SMILES string of the molecule is COc1ccc(CN2CCNC(=O)[C@H]2CC(=O)NC2CC2)c(F)c1. The Morgan fingerprint density at radius 1 is 1.46 bits per heavy atom. The van der Waals surface area contributed by atoms with Gasteiger partial charge in [-0.25, -0.2) is 4.39 Å². The molecule has 0 unspecified atom stereocenters. The summed E-state index contributed by atoms with van der Waals surface area (Å²) >= 11 is 0. The Kier molecular flexibility index (Phi) is 4.99. The Morgan fingerprint density at radius 3 is 2.92 bits per heavy atom. The number of halogens is 1. The smallest absolute Gasteiger partial charge is 0.237 e. The van der Waals surface area contributed by atoms with E-state index >= 15 is 0 Å². The molecule has 1 heterocycles. The second kappa shape index (κ2) is 7.17. The van der Waals surface area contributed by atoms with Gasteiger partial charge in [0, 0.05) is 37.3 Å². The quantitative estimate of drug-likeness (QED) is 0.807. The van der Waals surface area contributed by atoms with Crippen molar-refractivity contribution in [2.24, 2.45) is 0 Å². The molecule has 1 aromatic carbocycles. The topological polar surface area (TPSA) is 70.7 Å². The van der Waals surface area contributed by atoms with E-state index in [-0.39, 0.29) is 36.6 Å². The minimum Gasteiger partial charge on any atom is -0.497 e. The van der Waals surface area contributed by atoms with E-state index < -0.39 is 6.04 Å². The normalized spacial score (nSPS) is 21.2. The van der Waals surface area contributed by atoms with Gasteiger partial charge in [0.05, 0.1) is 19.6 Å². The lowest BCUT2D eigenvalue weighted by atomic mass is 10.1. The van der Waals surface area contributed by atoms with Gasteiger partial charge in [0.25, 0.3) is 0 Å². The number of hydrogen-bond acceptors (Lipinski definition) is 4. The second-order valence-corrected chi connectivity index (χ2v) is 6.28. The van der Waals surface area contributed by atoms with E-state index in [1.165, 1.54) is 13.2 Å². The summed E-state index contributed by atoms with van der Waals surface area (Å²) in [6, 6.07) is 4.36. The number of rotatable bonds is 6. The Balaban J connectivity index is 1.68. The average molecular weight is 335 g/mol. The lowest BCUT2D eigenvalue weighted by Crippen LogP contribution is -2.56. The van der Waals surface area contributed by atoms with E-state index in [9.17, 15) is 14.0 Å². The van der Waals surface area contributed by atoms with Crippen molar-refractivity contribution in [2.45, 2.75) is 37.9 Å². The third kappa shape index (κ3) is 4.03. The van der Waals surface area contributed by atoms with Crippen LogP contribution in [-0.4, -0.2) is 49.0 Å². The molecule has 1 saturated carbocycles. The van der Waals surface area contributed by atoms with Crippen LogP contribution in [0.3, 0.4) is 0 Å². The van der Waals surface area contributed by atoms with Crippen molar-refractivity contribution >= 4 is 11.8 Å². The standard InChI is InChI=1S/C17H22FN3O3/c1-24-13-5-2-11(14(18)8-13)10-21-7-6-19-17(23)15(21)9-16(22)20-12-3-4-12/h2,5,8,12,15H,3-4,6-7,9-10H2,1H3,(H,19,23)(H,20,22)/t15-/m1/s1. The first-order valence-corrected chi connectivity index (χ1v) is 8.20. The molecule has 0 bridgehead atoms. The molecule has 2 aliphatic rings. The van der Waals surface area contributed by atoms with Crippen LogP contribution in [-0.2, 0) is 16.1 Å². The molecule has 7 heteroatoms. The largest absolute Gasteiger partial charge is 0.497 e. The molecule has 2 fully saturated rings. The Bertz CT molecular complexity index is 634. The number of carbonyl (C=O) groups excluding carboxylic acids is 2. The summed E-state index contributed by atoms with van der Waals surface area (Å²) < 4.78 is 19.2. The number of carbonyl (C=O) groups is 2. The summed E-state index contributed by atoms with van der Waals surface area (Å²) in [6.07, 6.45) is 2.10. The fourth-order valence-electron chi connectivity index (χ4n) is 2.87. The predicted molar refractivity (Wildman–Crippen MR) is 85.9 cm³/mol. The number of hydrogen-bond donors (Lipinski definition) is 2. The first-order valence-electron chi connectivity index (χ1n) is 8.20. The summed E-state index contributed by atoms with van der Waals surface area (Å²) in [7, 11) is 1.48. The van der Waals surface area contributed by atoms with Crippen LogP contribution in [0, 0.1) is 5.82 Å². The summed E-state index contributed by atoms with van der Waals surface area (Å²) in [4.78, 5) is 26.1. The van der Waals surface area contributed by atoms with E-state index in [0.29, 0.717) is 24.4 Å². The van der Waals surface area contributed by atoms with Gasteiger partial charge in [0.15, 0.2) is 0 Å². The van der Waals surface area contributed by atoms with Crippen molar-refractivity contribution in [3.8, 4) is 5.75 Å². The summed E-state index contributed by atoms with van der Waals surface area (Å²) in [5.74, 6) is -0.226. The third-order valence-corrected chi connectivity index (χ3v) is 4.40. The Labute approximate surface area is 140 Å². The van der Waals surface area contributed by atoms with Crippen LogP contribution in [0.5, 0.6) is 5.75 Å². The molecule has 1 aliphatic heterocycles. The zero-order chi connectivity index (χ0) is 17.1. The monoisotopic (exact) mass is 335 g/mol. The molecule has 1 atom stereocenters. The van der Waals surface area contributed by atoms with Crippen LogP contribution >= 0.6 is 0 Å². The van der Waals surface area contributed by atoms with Crippen LogP contribution in [0.15, 0.2) is 18.2 Å². The minimum absolute atomic E-state index is 0.0973. The van der Waals surface area contributed by atoms with Crippen LogP contribution in [0.1, 0.15) is 24.8 Å². The van der Waals surface area contributed by atoms with Gasteiger partial charge in [-0.05, 0) is 18.9 Å². The van der Waals surface area contributed by atoms with Gasteiger partial charge in [-0.2, -0.15) is 0 Å². The number of ether oxygens (including phenoxy) is 1. The zero-order valence-corrected chi connectivity index (χ0v) is 13.7. The van der Waals surface area contributed by atoms with Crippen molar-refractivity contribution in [3.63, 3.8) is 0 Å². The van der Waals surface area contributed by atoms with Crippen LogP contribution in [0.25, 0.3) is 0 Å². The van der Waals surface area contributed by atoms with Gasteiger partial charge in [-0.15, -0.1) is 0 Å². The van der Waals surface area contributed by atoms with Crippen molar-refractivity contribution in [2.75, 3.05) is 20.2 Å². The van der Waals surface area contributed by atoms with Crippen LogP contribution in [0.2, 0.25) is 0 Å². The minimum atomic E-state index is -0.570. The molecular formula is C17H22FN3O3. The lowest BCUT2D eigenvalue weighted by Gasteiger charge is -2.34. The highest BCUT2D eigenvalue weighted by atomic mass is 19.1. The fraction of sp³-hybridized carbons (Fsp3) is 0.529. The van der Waals surface area contributed by atoms with Gasteiger partial charge in [-0.1, -0.05) is 6.07 Å². The highest BCUT2D eigenvalue weighted by molar-refractivity contribution is 5.89. The highest BCUT2D eigenvalue weighted by Crippen LogP contribution is 2.22. The summed E-state index contributed by atoms with van der Waals surface area (Å²) in [5.41, 5.74) is 0.484. The summed E-state index contributed by atoms with van der Waals surface area (Å²) in [5, 5.41) is 5.68. The molecule has 1 aliphatic carbocycles. The van der Waals surface area contributed by atoms with Gasteiger partial charge in [-0.3, -0.25) is 14.5 Å². The number of nitrogens with zero attached hydrogens (tertiary/aromatic N) is 1. The van der Waals surface area contributed by atoms with E-state index in [0.717, 1.165) is 12.8 Å². The molecule has 1 aromatic rings. The molecule has 0 spiro atoms. The molecule has 6 nitrogen and oxygen atoms in total. The Morgan fingerprint density at radius 2 is 2.25 bits per heavy atom. The van der Waals surface area contributed by atoms with E-state index in [4.69, 9.17) is 4.74 Å². The maximum atomic E-state index is 14.2. The van der Waals surface area contributed by atoms with Gasteiger partial charge >= 0.3 is 0 Å². The summed E-state index contributed by atoms with van der Waals surface area (Å²) in [6.45, 7) is 1.36. The van der Waals surface area contributed by atoms with Gasteiger partial charge < -0.3 is 15.4 Å². The fourth-order valence-corrected chi connectivity index (χ4v) is 2.87. The number of methoxy groups -OCH3 is 1. The lowest BCUT2D eigenvalue weighted by molar-refractivity contribution is -0.134. The van der Waals surface area contributed by atoms with Crippen LogP contribution in [0.4, 0.5) is 4.39 Å². The third-order valence-electron chi connectivity index (χ3n) is 4.40. The van der Waals surface area contributed by atoms with Gasteiger partial charge in [0.1, 0.15) is 11.6 Å². The first kappa shape index (κ1) is 16.7. The number of piperazine rings is 1. The Hall–Kier alpha value is -2.15. The number of nitrogens with one attached hydrogen (secondary N) is 2. The second-order valence-electron chi connectivity index (χ2n) is 6.28. The highest BCUT2D eigenvalue weighted by Gasteiger charge is 2.33. The molecule has 2 amide bonds. The van der Waals surface area contributed by atoms with Crippen molar-refractivity contribution in [1.82, 2.24) is 15.5 Å². The molecular weight excluding hydrogens is 313 g/mol. The maximum absolute atomic E-state index is 14.2. The van der Waals surface area contributed by atoms with Crippen molar-refractivity contribution < 1.29 is 18.7 Å². The molecule has 1 saturated heterocycles. The molecule has 24 heavy (non-hydrogen) atoms. The van der Waals surface area contributed by atoms with Crippen molar-refractivity contribution in [3.05, 3.63) is 29.6 Å². The maximum Gasteiger partial charge on any atom is 0.237 e. The zero-order valence-electron chi connectivity index (χ0n) is 13.7. The predicted octanol–water partition coefficient (Wildman–Crippen LogP) is 0.803. The molecule has 0 radical (unpaired) electrons. The van der Waals surface area contributed by atoms with Gasteiger partial charge in [0.2, 0.25) is 11.8 Å². The van der Waals surface area contributed by atoms with Crippen LogP contribution < -0.4 is 15.4 Å². The van der Waals surface area contributed by atoms with E-state index in [1.54, 1.807) is 12.1 Å². The number of amides is 2. The first-order chi connectivity index (χ1) is 11.6. The molecule has 130 valence electrons. The van der Waals surface area contributed by atoms with Crippen molar-refractivity contribution in [1.29, 1.82) is 0 Å². The molecule has 0 aromatic heterocycles. The van der Waals surface area contributed by atoms with E-state index in [1.807, 2.05) is 4.90 Å². The number of benzene rings is 1. The molecule has 3 rings (SSSR count). The molecule has 2 N–H and O–H groups in total.